The molecule has 0 spiro atoms. The molecule has 2 amide bonds. The first-order valence-corrected chi connectivity index (χ1v) is 17.8. The molecule has 5 unspecified atom stereocenters. The number of aliphatic carboxylic acids is 1. The Morgan fingerprint density at radius 3 is 2.47 bits per heavy atom. The minimum absolute atomic E-state index is 0.0329. The fourth-order valence-corrected chi connectivity index (χ4v) is 11.4. The minimum Gasteiger partial charge on any atom is -0.480 e. The van der Waals surface area contributed by atoms with Crippen molar-refractivity contribution in [2.75, 3.05) is 13.1 Å². The van der Waals surface area contributed by atoms with Gasteiger partial charge in [0.25, 0.3) is 0 Å². The summed E-state index contributed by atoms with van der Waals surface area (Å²) < 4.78 is 0. The smallest absolute Gasteiger partial charge is 0.326 e. The predicted molar refractivity (Wildman–Crippen MR) is 169 cm³/mol. The Hall–Kier alpha value is -1.67. The van der Waals surface area contributed by atoms with Crippen molar-refractivity contribution in [3.05, 3.63) is 0 Å². The molecule has 4 aliphatic carbocycles. The Morgan fingerprint density at radius 2 is 1.72 bits per heavy atom. The topological polar surface area (TPSA) is 139 Å². The van der Waals surface area contributed by atoms with Gasteiger partial charge in [0.1, 0.15) is 6.04 Å². The summed E-state index contributed by atoms with van der Waals surface area (Å²) >= 11 is 0. The maximum atomic E-state index is 13.1. The van der Waals surface area contributed by atoms with Gasteiger partial charge in [-0.25, -0.2) is 4.79 Å². The zero-order valence-electron chi connectivity index (χ0n) is 27.2. The normalized spacial score (nSPS) is 40.2. The van der Waals surface area contributed by atoms with E-state index in [4.69, 9.17) is 11.5 Å². The first kappa shape index (κ1) is 32.7. The van der Waals surface area contributed by atoms with Crippen molar-refractivity contribution in [3.63, 3.8) is 0 Å². The summed E-state index contributed by atoms with van der Waals surface area (Å²) in [6.07, 6.45) is 17.6. The molecule has 4 saturated carbocycles. The monoisotopic (exact) mass is 600 g/mol. The highest BCUT2D eigenvalue weighted by Crippen LogP contribution is 2.68. The van der Waals surface area contributed by atoms with Gasteiger partial charge in [-0.05, 0) is 124 Å². The van der Waals surface area contributed by atoms with E-state index < -0.39 is 18.1 Å². The van der Waals surface area contributed by atoms with Crippen LogP contribution in [0.3, 0.4) is 0 Å². The number of rotatable bonds is 11. The first-order valence-electron chi connectivity index (χ1n) is 17.8. The second-order valence-electron chi connectivity index (χ2n) is 15.9. The van der Waals surface area contributed by atoms with Crippen molar-refractivity contribution < 1.29 is 19.5 Å². The molecule has 0 aromatic carbocycles. The molecule has 0 bridgehead atoms. The van der Waals surface area contributed by atoms with E-state index in [1.165, 1.54) is 69.1 Å². The van der Waals surface area contributed by atoms with E-state index in [9.17, 15) is 19.5 Å². The summed E-state index contributed by atoms with van der Waals surface area (Å²) in [5, 5.41) is 12.8. The van der Waals surface area contributed by atoms with Crippen molar-refractivity contribution in [3.8, 4) is 0 Å². The van der Waals surface area contributed by atoms with Crippen molar-refractivity contribution in [1.82, 2.24) is 10.2 Å². The summed E-state index contributed by atoms with van der Waals surface area (Å²) in [5.41, 5.74) is 12.6. The van der Waals surface area contributed by atoms with Crippen LogP contribution in [-0.4, -0.2) is 59.0 Å². The average molecular weight is 601 g/mol. The molecule has 1 heterocycles. The fourth-order valence-electron chi connectivity index (χ4n) is 11.4. The highest BCUT2D eigenvalue weighted by molar-refractivity contribution is 5.88. The fraction of sp³-hybridized carbons (Fsp3) is 0.914. The molecule has 0 aromatic rings. The number of hydrogen-bond donors (Lipinski definition) is 4. The molecule has 1 aliphatic heterocycles. The summed E-state index contributed by atoms with van der Waals surface area (Å²) in [4.78, 5) is 39.4. The number of carbonyl (C=O) groups excluding carboxylic acids is 2. The van der Waals surface area contributed by atoms with Gasteiger partial charge in [-0.15, -0.1) is 0 Å². The van der Waals surface area contributed by atoms with Crippen LogP contribution in [0, 0.1) is 46.3 Å². The van der Waals surface area contributed by atoms with Crippen molar-refractivity contribution in [2.45, 2.75) is 142 Å². The van der Waals surface area contributed by atoms with Crippen molar-refractivity contribution in [1.29, 1.82) is 0 Å². The molecule has 5 fully saturated rings. The largest absolute Gasteiger partial charge is 0.480 e. The van der Waals surface area contributed by atoms with E-state index in [1.54, 1.807) is 0 Å². The molecule has 0 radical (unpaired) electrons. The van der Waals surface area contributed by atoms with E-state index in [0.29, 0.717) is 42.1 Å². The van der Waals surface area contributed by atoms with Crippen LogP contribution in [0.15, 0.2) is 0 Å². The third-order valence-corrected chi connectivity index (χ3v) is 13.7. The van der Waals surface area contributed by atoms with Gasteiger partial charge in [0.2, 0.25) is 11.8 Å². The number of carboxylic acid groups (broad SMARTS) is 1. The molecule has 5 aliphatic rings. The molecule has 11 atom stereocenters. The van der Waals surface area contributed by atoms with Gasteiger partial charge in [0.05, 0.1) is 6.04 Å². The lowest BCUT2D eigenvalue weighted by Gasteiger charge is -2.61. The number of hydrogen-bond acceptors (Lipinski definition) is 5. The second kappa shape index (κ2) is 13.4. The summed E-state index contributed by atoms with van der Waals surface area (Å²) in [5.74, 6) is 3.32. The molecule has 8 heteroatoms. The number of carbonyl (C=O) groups is 3. The van der Waals surface area contributed by atoms with Gasteiger partial charge in [-0.3, -0.25) is 9.59 Å². The number of nitrogens with two attached hydrogens (primary N) is 2. The SMILES string of the molecule is C[C@H](CCC(=O)N[C@H]1C[C@@H](C(=O)O)N(C(=O)C(N)CCCCN)C1)[C@H]1CCC2C3CCC4CCCC[C@]4(C)C3CC[C@@]21C. The molecule has 8 nitrogen and oxygen atoms in total. The minimum atomic E-state index is -1.04. The number of unbranched alkanes of at least 4 members (excludes halogenated alkanes) is 1. The third-order valence-electron chi connectivity index (χ3n) is 13.7. The lowest BCUT2D eigenvalue weighted by molar-refractivity contribution is -0.148. The van der Waals surface area contributed by atoms with Gasteiger partial charge in [0.15, 0.2) is 0 Å². The quantitative estimate of drug-likeness (QED) is 0.244. The predicted octanol–water partition coefficient (Wildman–Crippen LogP) is 5.08. The summed E-state index contributed by atoms with van der Waals surface area (Å²) in [7, 11) is 0. The van der Waals surface area contributed by atoms with Crippen LogP contribution in [0.2, 0.25) is 0 Å². The molecule has 43 heavy (non-hydrogen) atoms. The third kappa shape index (κ3) is 6.39. The standard InChI is InChI=1S/C35H60N4O4/c1-22(10-15-31(40)38-24-20-30(33(42)43)39(21-24)32(41)29(37)9-5-7-19-36)26-13-14-27-25-12-11-23-8-4-6-17-34(23,2)28(25)16-18-35(26,27)3/h22-30H,4-21,36-37H2,1-3H3,(H,38,40)(H,42,43)/t22-,23?,24+,25?,26-,27?,28?,29?,30+,34+,35-/m1/s1. The maximum Gasteiger partial charge on any atom is 0.326 e. The van der Waals surface area contributed by atoms with E-state index in [2.05, 4.69) is 26.1 Å². The highest BCUT2D eigenvalue weighted by Gasteiger charge is 2.60. The van der Waals surface area contributed by atoms with Crippen molar-refractivity contribution in [2.24, 2.45) is 57.8 Å². The zero-order chi connectivity index (χ0) is 30.9. The first-order chi connectivity index (χ1) is 20.5. The van der Waals surface area contributed by atoms with Gasteiger partial charge >= 0.3 is 5.97 Å². The van der Waals surface area contributed by atoms with Gasteiger partial charge in [-0.1, -0.05) is 40.0 Å². The lowest BCUT2D eigenvalue weighted by atomic mass is 9.44. The van der Waals surface area contributed by atoms with Crippen molar-refractivity contribution >= 4 is 17.8 Å². The van der Waals surface area contributed by atoms with Crippen LogP contribution >= 0.6 is 0 Å². The van der Waals surface area contributed by atoms with Gasteiger partial charge in [0, 0.05) is 25.4 Å². The Kier molecular flexibility index (Phi) is 10.2. The van der Waals surface area contributed by atoms with Gasteiger partial charge < -0.3 is 26.8 Å². The maximum absolute atomic E-state index is 13.1. The van der Waals surface area contributed by atoms with E-state index in [1.807, 2.05) is 0 Å². The Bertz CT molecular complexity index is 1020. The van der Waals surface area contributed by atoms with Gasteiger partial charge in [-0.2, -0.15) is 0 Å². The molecular weight excluding hydrogens is 540 g/mol. The Labute approximate surface area is 259 Å². The number of likely N-dealkylation sites (tertiary alicyclic amines) is 1. The zero-order valence-corrected chi connectivity index (χ0v) is 27.2. The molecule has 6 N–H and O–H groups in total. The Balaban J connectivity index is 1.13. The van der Waals surface area contributed by atoms with Crippen LogP contribution in [0.5, 0.6) is 0 Å². The van der Waals surface area contributed by atoms with E-state index in [0.717, 1.165) is 42.9 Å². The molecule has 5 rings (SSSR count). The van der Waals surface area contributed by atoms with Crippen LogP contribution in [0.25, 0.3) is 0 Å². The molecular formula is C35H60N4O4. The molecule has 0 aromatic heterocycles. The molecule has 244 valence electrons. The van der Waals surface area contributed by atoms with Crippen LogP contribution in [0.1, 0.15) is 124 Å². The highest BCUT2D eigenvalue weighted by atomic mass is 16.4. The Morgan fingerprint density at radius 1 is 0.953 bits per heavy atom. The van der Waals surface area contributed by atoms with Crippen LogP contribution < -0.4 is 16.8 Å². The summed E-state index contributed by atoms with van der Waals surface area (Å²) in [6.45, 7) is 8.34. The molecule has 1 saturated heterocycles. The lowest BCUT2D eigenvalue weighted by Crippen LogP contribution is -2.53. The van der Waals surface area contributed by atoms with Crippen LogP contribution in [-0.2, 0) is 14.4 Å². The number of fused-ring (bicyclic) bond motifs is 5. The summed E-state index contributed by atoms with van der Waals surface area (Å²) in [6, 6.07) is -2.05. The second-order valence-corrected chi connectivity index (χ2v) is 15.9. The number of nitrogens with zero attached hydrogens (tertiary/aromatic N) is 1. The number of amides is 2. The van der Waals surface area contributed by atoms with Crippen LogP contribution in [0.4, 0.5) is 0 Å². The van der Waals surface area contributed by atoms with E-state index in [-0.39, 0.29) is 30.8 Å². The van der Waals surface area contributed by atoms with E-state index >= 15 is 0 Å². The number of nitrogens with one attached hydrogen (secondary N) is 1. The number of carboxylic acids is 1. The average Bonchev–Trinajstić information content (AvgIpc) is 3.56.